The molecule has 9 nitrogen and oxygen atoms in total. The Bertz CT molecular complexity index is 1150. The van der Waals surface area contributed by atoms with Crippen LogP contribution in [-0.2, 0) is 17.8 Å². The standard InChI is InChI=1S/C26H37FN8O/c1-3-36-16-15-35-24-23(22(32-35)18-33-12-5-4-6-13-33)30-26(34-14-11-28-19(2)17-34)31-25(24)29-21-9-7-20(27)8-10-21/h7-10,19,28H,3-6,11-18H2,1-2H3,(H,29,30,31)/t19-/m1/s1. The van der Waals surface area contributed by atoms with Gasteiger partial charge in [0.1, 0.15) is 22.5 Å². The van der Waals surface area contributed by atoms with Crippen LogP contribution in [0.4, 0.5) is 21.8 Å². The van der Waals surface area contributed by atoms with Crippen molar-refractivity contribution in [3.63, 3.8) is 0 Å². The normalized spacial score (nSPS) is 19.2. The van der Waals surface area contributed by atoms with E-state index < -0.39 is 0 Å². The number of piperazine rings is 1. The molecule has 2 aliphatic rings. The van der Waals surface area contributed by atoms with Crippen molar-refractivity contribution in [2.45, 2.75) is 52.2 Å². The van der Waals surface area contributed by atoms with Gasteiger partial charge in [-0.25, -0.2) is 9.37 Å². The fourth-order valence-corrected chi connectivity index (χ4v) is 5.04. The molecule has 1 aromatic carbocycles. The minimum atomic E-state index is -0.269. The van der Waals surface area contributed by atoms with E-state index in [0.29, 0.717) is 37.6 Å². The van der Waals surface area contributed by atoms with Crippen LogP contribution in [0.15, 0.2) is 24.3 Å². The number of ether oxygens (including phenoxy) is 1. The summed E-state index contributed by atoms with van der Waals surface area (Å²) in [6.07, 6.45) is 3.73. The Morgan fingerprint density at radius 3 is 2.67 bits per heavy atom. The molecule has 3 aromatic rings. The highest BCUT2D eigenvalue weighted by atomic mass is 19.1. The first-order chi connectivity index (χ1) is 17.6. The lowest BCUT2D eigenvalue weighted by molar-refractivity contribution is 0.137. The number of nitrogens with one attached hydrogen (secondary N) is 2. The van der Waals surface area contributed by atoms with Crippen LogP contribution < -0.4 is 15.5 Å². The SMILES string of the molecule is CCOCCn1nc(CN2CCCCC2)c2nc(N3CCN[C@H](C)C3)nc(Nc3ccc(F)cc3)c21. The van der Waals surface area contributed by atoms with Gasteiger partial charge in [-0.05, 0) is 64.0 Å². The highest BCUT2D eigenvalue weighted by Gasteiger charge is 2.25. The molecule has 0 saturated carbocycles. The summed E-state index contributed by atoms with van der Waals surface area (Å²) in [5.74, 6) is 1.11. The summed E-state index contributed by atoms with van der Waals surface area (Å²) in [4.78, 5) is 14.8. The number of benzene rings is 1. The maximum Gasteiger partial charge on any atom is 0.228 e. The summed E-state index contributed by atoms with van der Waals surface area (Å²) in [5.41, 5.74) is 3.47. The number of nitrogens with zero attached hydrogens (tertiary/aromatic N) is 6. The smallest absolute Gasteiger partial charge is 0.228 e. The fourth-order valence-electron chi connectivity index (χ4n) is 5.04. The predicted molar refractivity (Wildman–Crippen MR) is 140 cm³/mol. The Morgan fingerprint density at radius 1 is 1.11 bits per heavy atom. The van der Waals surface area contributed by atoms with Gasteiger partial charge >= 0.3 is 0 Å². The summed E-state index contributed by atoms with van der Waals surface area (Å²) in [6, 6.07) is 6.71. The van der Waals surface area contributed by atoms with Gasteiger partial charge in [0.05, 0.1) is 13.2 Å². The van der Waals surface area contributed by atoms with E-state index in [1.165, 1.54) is 31.4 Å². The minimum absolute atomic E-state index is 0.269. The third-order valence-electron chi connectivity index (χ3n) is 6.88. The van der Waals surface area contributed by atoms with E-state index in [2.05, 4.69) is 27.4 Å². The minimum Gasteiger partial charge on any atom is -0.380 e. The molecule has 0 spiro atoms. The summed E-state index contributed by atoms with van der Waals surface area (Å²) in [7, 11) is 0. The Balaban J connectivity index is 1.59. The number of hydrogen-bond acceptors (Lipinski definition) is 8. The zero-order valence-corrected chi connectivity index (χ0v) is 21.3. The molecule has 1 atom stereocenters. The van der Waals surface area contributed by atoms with Crippen LogP contribution in [0.1, 0.15) is 38.8 Å². The first-order valence-corrected chi connectivity index (χ1v) is 13.2. The lowest BCUT2D eigenvalue weighted by atomic mass is 10.1. The van der Waals surface area contributed by atoms with Gasteiger partial charge in [-0.1, -0.05) is 6.42 Å². The lowest BCUT2D eigenvalue weighted by Crippen LogP contribution is -2.49. The maximum atomic E-state index is 13.6. The highest BCUT2D eigenvalue weighted by Crippen LogP contribution is 2.30. The molecule has 0 bridgehead atoms. The van der Waals surface area contributed by atoms with E-state index in [9.17, 15) is 4.39 Å². The van der Waals surface area contributed by atoms with Crippen molar-refractivity contribution >= 4 is 28.5 Å². The molecule has 0 radical (unpaired) electrons. The number of likely N-dealkylation sites (tertiary alicyclic amines) is 1. The molecule has 2 aromatic heterocycles. The fraction of sp³-hybridized carbons (Fsp3) is 0.577. The lowest BCUT2D eigenvalue weighted by Gasteiger charge is -2.32. The molecule has 5 rings (SSSR count). The van der Waals surface area contributed by atoms with Gasteiger partial charge in [0.25, 0.3) is 0 Å². The zero-order valence-electron chi connectivity index (χ0n) is 21.3. The van der Waals surface area contributed by atoms with Gasteiger partial charge < -0.3 is 20.3 Å². The van der Waals surface area contributed by atoms with E-state index in [1.54, 1.807) is 12.1 Å². The van der Waals surface area contributed by atoms with Gasteiger partial charge in [-0.15, -0.1) is 0 Å². The average molecular weight is 497 g/mol. The summed E-state index contributed by atoms with van der Waals surface area (Å²) in [6.45, 7) is 11.5. The van der Waals surface area contributed by atoms with Gasteiger partial charge in [-0.3, -0.25) is 9.58 Å². The number of anilines is 3. The van der Waals surface area contributed by atoms with Crippen molar-refractivity contribution in [1.82, 2.24) is 30.0 Å². The first-order valence-electron chi connectivity index (χ1n) is 13.2. The average Bonchev–Trinajstić information content (AvgIpc) is 3.23. The zero-order chi connectivity index (χ0) is 24.9. The molecule has 2 saturated heterocycles. The highest BCUT2D eigenvalue weighted by molar-refractivity contribution is 5.90. The molecule has 36 heavy (non-hydrogen) atoms. The number of hydrogen-bond donors (Lipinski definition) is 2. The molecule has 194 valence electrons. The quantitative estimate of drug-likeness (QED) is 0.436. The van der Waals surface area contributed by atoms with Crippen molar-refractivity contribution < 1.29 is 9.13 Å². The van der Waals surface area contributed by atoms with Crippen molar-refractivity contribution in [2.24, 2.45) is 0 Å². The van der Waals surface area contributed by atoms with E-state index >= 15 is 0 Å². The second-order valence-corrected chi connectivity index (χ2v) is 9.71. The van der Waals surface area contributed by atoms with E-state index in [1.807, 2.05) is 11.6 Å². The van der Waals surface area contributed by atoms with Gasteiger partial charge in [0, 0.05) is 44.5 Å². The topological polar surface area (TPSA) is 83.4 Å². The van der Waals surface area contributed by atoms with E-state index in [0.717, 1.165) is 61.7 Å². The molecule has 2 fully saturated rings. The van der Waals surface area contributed by atoms with Crippen LogP contribution in [0.2, 0.25) is 0 Å². The van der Waals surface area contributed by atoms with Crippen molar-refractivity contribution in [3.05, 3.63) is 35.8 Å². The van der Waals surface area contributed by atoms with Crippen LogP contribution in [0, 0.1) is 5.82 Å². The Labute approximate surface area is 212 Å². The van der Waals surface area contributed by atoms with Crippen molar-refractivity contribution in [3.8, 4) is 0 Å². The van der Waals surface area contributed by atoms with E-state index in [-0.39, 0.29) is 5.82 Å². The van der Waals surface area contributed by atoms with Crippen LogP contribution >= 0.6 is 0 Å². The van der Waals surface area contributed by atoms with Crippen LogP contribution in [0.25, 0.3) is 11.0 Å². The summed E-state index contributed by atoms with van der Waals surface area (Å²) < 4.78 is 21.2. The summed E-state index contributed by atoms with van der Waals surface area (Å²) in [5, 5.41) is 12.0. The van der Waals surface area contributed by atoms with E-state index in [4.69, 9.17) is 19.8 Å². The van der Waals surface area contributed by atoms with Gasteiger partial charge in [-0.2, -0.15) is 10.1 Å². The third-order valence-corrected chi connectivity index (χ3v) is 6.88. The summed E-state index contributed by atoms with van der Waals surface area (Å²) >= 11 is 0. The molecule has 0 aliphatic carbocycles. The van der Waals surface area contributed by atoms with Crippen LogP contribution in [0.3, 0.4) is 0 Å². The molecule has 2 aliphatic heterocycles. The number of piperidine rings is 1. The maximum absolute atomic E-state index is 13.6. The predicted octanol–water partition coefficient (Wildman–Crippen LogP) is 3.53. The van der Waals surface area contributed by atoms with Crippen molar-refractivity contribution in [1.29, 1.82) is 0 Å². The molecular formula is C26H37FN8O. The first kappa shape index (κ1) is 24.9. The Kier molecular flexibility index (Phi) is 7.93. The molecule has 2 N–H and O–H groups in total. The molecule has 0 unspecified atom stereocenters. The van der Waals surface area contributed by atoms with Gasteiger partial charge in [0.2, 0.25) is 5.95 Å². The molecular weight excluding hydrogens is 459 g/mol. The second-order valence-electron chi connectivity index (χ2n) is 9.71. The number of aromatic nitrogens is 4. The number of rotatable bonds is 9. The number of halogens is 1. The van der Waals surface area contributed by atoms with Gasteiger partial charge in [0.15, 0.2) is 5.82 Å². The second kappa shape index (κ2) is 11.5. The number of fused-ring (bicyclic) bond motifs is 1. The largest absolute Gasteiger partial charge is 0.380 e. The molecule has 0 amide bonds. The Morgan fingerprint density at radius 2 is 1.92 bits per heavy atom. The monoisotopic (exact) mass is 496 g/mol. The molecule has 10 heteroatoms. The molecule has 4 heterocycles. The van der Waals surface area contributed by atoms with Crippen LogP contribution in [0.5, 0.6) is 0 Å². The Hall–Kier alpha value is -2.82. The third kappa shape index (κ3) is 5.77. The van der Waals surface area contributed by atoms with Crippen LogP contribution in [-0.4, -0.2) is 76.6 Å². The van der Waals surface area contributed by atoms with Crippen molar-refractivity contribution in [2.75, 3.05) is 56.2 Å².